The van der Waals surface area contributed by atoms with Gasteiger partial charge >= 0.3 is 0 Å². The largest absolute Gasteiger partial charge is 0.383 e. The number of ether oxygens (including phenoxy) is 1. The molecule has 0 bridgehead atoms. The van der Waals surface area contributed by atoms with Gasteiger partial charge in [0.05, 0.1) is 6.61 Å². The summed E-state index contributed by atoms with van der Waals surface area (Å²) in [6.07, 6.45) is 6.91. The summed E-state index contributed by atoms with van der Waals surface area (Å²) in [7, 11) is 1.76. The van der Waals surface area contributed by atoms with Crippen molar-refractivity contribution in [2.75, 3.05) is 33.4 Å². The van der Waals surface area contributed by atoms with Gasteiger partial charge in [0.2, 0.25) is 0 Å². The molecule has 1 fully saturated rings. The molecule has 17 heavy (non-hydrogen) atoms. The molecule has 0 aromatic heterocycles. The molecule has 1 heterocycles. The number of nitrogens with zero attached hydrogens (tertiary/aromatic N) is 1. The number of methoxy groups -OCH3 is 1. The van der Waals surface area contributed by atoms with Crippen LogP contribution in [0.5, 0.6) is 0 Å². The molecule has 0 radical (unpaired) electrons. The van der Waals surface area contributed by atoms with Crippen molar-refractivity contribution in [3.8, 4) is 0 Å². The maximum atomic E-state index is 5.13. The molecule has 0 spiro atoms. The number of likely N-dealkylation sites (tertiary alicyclic amines) is 1. The summed E-state index contributed by atoms with van der Waals surface area (Å²) in [5.41, 5.74) is 0. The second kappa shape index (κ2) is 8.90. The van der Waals surface area contributed by atoms with Gasteiger partial charge in [0.25, 0.3) is 0 Å². The van der Waals surface area contributed by atoms with Crippen LogP contribution in [0.2, 0.25) is 0 Å². The van der Waals surface area contributed by atoms with Gasteiger partial charge < -0.3 is 10.1 Å². The zero-order chi connectivity index (χ0) is 12.5. The maximum Gasteiger partial charge on any atom is 0.0613 e. The van der Waals surface area contributed by atoms with E-state index in [0.717, 1.165) is 19.2 Å². The van der Waals surface area contributed by atoms with Crippen molar-refractivity contribution in [1.29, 1.82) is 0 Å². The number of rotatable bonds is 7. The fourth-order valence-electron chi connectivity index (χ4n) is 2.76. The first-order chi connectivity index (χ1) is 8.27. The van der Waals surface area contributed by atoms with Crippen LogP contribution >= 0.6 is 0 Å². The minimum Gasteiger partial charge on any atom is -0.383 e. The molecule has 0 saturated carbocycles. The standard InChI is InChI=1S/C14H30N2O/c1-4-14-8-6-5-7-10-16(14)11-9-15-13(2)12-17-3/h13-15H,4-12H2,1-3H3. The van der Waals surface area contributed by atoms with Crippen LogP contribution in [0, 0.1) is 0 Å². The lowest BCUT2D eigenvalue weighted by atomic mass is 10.1. The van der Waals surface area contributed by atoms with Crippen LogP contribution in [-0.4, -0.2) is 50.3 Å². The fourth-order valence-corrected chi connectivity index (χ4v) is 2.76. The quantitative estimate of drug-likeness (QED) is 0.741. The third kappa shape index (κ3) is 5.84. The predicted octanol–water partition coefficient (Wildman–Crippen LogP) is 2.27. The van der Waals surface area contributed by atoms with Crippen LogP contribution in [0.4, 0.5) is 0 Å². The van der Waals surface area contributed by atoms with Gasteiger partial charge in [0.1, 0.15) is 0 Å². The summed E-state index contributed by atoms with van der Waals surface area (Å²) in [5, 5.41) is 3.53. The van der Waals surface area contributed by atoms with Gasteiger partial charge in [-0.05, 0) is 32.7 Å². The number of hydrogen-bond acceptors (Lipinski definition) is 3. The zero-order valence-electron chi connectivity index (χ0n) is 11.9. The Balaban J connectivity index is 2.22. The van der Waals surface area contributed by atoms with Gasteiger partial charge in [0, 0.05) is 32.3 Å². The van der Waals surface area contributed by atoms with Gasteiger partial charge in [-0.3, -0.25) is 4.90 Å². The molecule has 1 aliphatic rings. The molecule has 3 nitrogen and oxygen atoms in total. The smallest absolute Gasteiger partial charge is 0.0613 e. The Bertz CT molecular complexity index is 187. The third-order valence-electron chi connectivity index (χ3n) is 3.78. The Morgan fingerprint density at radius 2 is 2.18 bits per heavy atom. The summed E-state index contributed by atoms with van der Waals surface area (Å²) in [4.78, 5) is 2.68. The molecule has 0 aromatic carbocycles. The molecule has 0 aromatic rings. The van der Waals surface area contributed by atoms with E-state index in [1.807, 2.05) is 0 Å². The van der Waals surface area contributed by atoms with E-state index in [-0.39, 0.29) is 0 Å². The molecule has 3 heteroatoms. The topological polar surface area (TPSA) is 24.5 Å². The van der Waals surface area contributed by atoms with Gasteiger partial charge in [-0.2, -0.15) is 0 Å². The molecule has 0 amide bonds. The molecule has 2 atom stereocenters. The summed E-state index contributed by atoms with van der Waals surface area (Å²) in [6.45, 7) is 8.87. The Kier molecular flexibility index (Phi) is 7.82. The van der Waals surface area contributed by atoms with Crippen molar-refractivity contribution >= 4 is 0 Å². The van der Waals surface area contributed by atoms with E-state index in [1.54, 1.807) is 7.11 Å². The Morgan fingerprint density at radius 1 is 1.35 bits per heavy atom. The van der Waals surface area contributed by atoms with Gasteiger partial charge in [-0.1, -0.05) is 19.8 Å². The number of nitrogens with one attached hydrogen (secondary N) is 1. The second-order valence-corrected chi connectivity index (χ2v) is 5.26. The minimum absolute atomic E-state index is 0.465. The first-order valence-corrected chi connectivity index (χ1v) is 7.24. The molecule has 1 rings (SSSR count). The first kappa shape index (κ1) is 14.9. The lowest BCUT2D eigenvalue weighted by Gasteiger charge is -2.29. The van der Waals surface area contributed by atoms with E-state index in [2.05, 4.69) is 24.1 Å². The highest BCUT2D eigenvalue weighted by molar-refractivity contribution is 4.75. The minimum atomic E-state index is 0.465. The van der Waals surface area contributed by atoms with Crippen molar-refractivity contribution in [2.24, 2.45) is 0 Å². The normalized spacial score (nSPS) is 24.5. The lowest BCUT2D eigenvalue weighted by Crippen LogP contribution is -2.42. The molecule has 1 saturated heterocycles. The fraction of sp³-hybridized carbons (Fsp3) is 1.00. The van der Waals surface area contributed by atoms with E-state index in [0.29, 0.717) is 6.04 Å². The van der Waals surface area contributed by atoms with Gasteiger partial charge in [-0.15, -0.1) is 0 Å². The Labute approximate surface area is 107 Å². The predicted molar refractivity (Wildman–Crippen MR) is 73.5 cm³/mol. The van der Waals surface area contributed by atoms with Crippen LogP contribution in [0.1, 0.15) is 46.0 Å². The van der Waals surface area contributed by atoms with Crippen molar-refractivity contribution in [1.82, 2.24) is 10.2 Å². The lowest BCUT2D eigenvalue weighted by molar-refractivity contribution is 0.161. The average molecular weight is 242 g/mol. The van der Waals surface area contributed by atoms with Crippen LogP contribution in [0.25, 0.3) is 0 Å². The summed E-state index contributed by atoms with van der Waals surface area (Å²) in [6, 6.07) is 1.28. The van der Waals surface area contributed by atoms with E-state index < -0.39 is 0 Å². The van der Waals surface area contributed by atoms with E-state index >= 15 is 0 Å². The van der Waals surface area contributed by atoms with Gasteiger partial charge in [-0.25, -0.2) is 0 Å². The Morgan fingerprint density at radius 3 is 2.88 bits per heavy atom. The molecular weight excluding hydrogens is 212 g/mol. The SMILES string of the molecule is CCC1CCCCCN1CCNC(C)COC. The van der Waals surface area contributed by atoms with Crippen molar-refractivity contribution in [3.05, 3.63) is 0 Å². The van der Waals surface area contributed by atoms with Crippen molar-refractivity contribution in [3.63, 3.8) is 0 Å². The van der Waals surface area contributed by atoms with Gasteiger partial charge in [0.15, 0.2) is 0 Å². The Hall–Kier alpha value is -0.120. The second-order valence-electron chi connectivity index (χ2n) is 5.26. The summed E-state index contributed by atoms with van der Waals surface area (Å²) >= 11 is 0. The number of hydrogen-bond donors (Lipinski definition) is 1. The zero-order valence-corrected chi connectivity index (χ0v) is 11.9. The van der Waals surface area contributed by atoms with Crippen molar-refractivity contribution < 1.29 is 4.74 Å². The molecule has 0 aliphatic carbocycles. The van der Waals surface area contributed by atoms with E-state index in [9.17, 15) is 0 Å². The third-order valence-corrected chi connectivity index (χ3v) is 3.78. The molecular formula is C14H30N2O. The highest BCUT2D eigenvalue weighted by Crippen LogP contribution is 2.18. The van der Waals surface area contributed by atoms with Crippen LogP contribution in [-0.2, 0) is 4.74 Å². The van der Waals surface area contributed by atoms with Crippen LogP contribution in [0.15, 0.2) is 0 Å². The summed E-state index contributed by atoms with van der Waals surface area (Å²) < 4.78 is 5.13. The molecule has 1 aliphatic heterocycles. The maximum absolute atomic E-state index is 5.13. The van der Waals surface area contributed by atoms with Crippen molar-refractivity contribution in [2.45, 2.75) is 58.0 Å². The monoisotopic (exact) mass is 242 g/mol. The summed E-state index contributed by atoms with van der Waals surface area (Å²) in [5.74, 6) is 0. The highest BCUT2D eigenvalue weighted by atomic mass is 16.5. The molecule has 102 valence electrons. The van der Waals surface area contributed by atoms with Crippen LogP contribution in [0.3, 0.4) is 0 Å². The van der Waals surface area contributed by atoms with Crippen LogP contribution < -0.4 is 5.32 Å². The highest BCUT2D eigenvalue weighted by Gasteiger charge is 2.18. The average Bonchev–Trinajstić information content (AvgIpc) is 2.54. The molecule has 1 N–H and O–H groups in total. The first-order valence-electron chi connectivity index (χ1n) is 7.24. The van der Waals surface area contributed by atoms with E-state index in [1.165, 1.54) is 45.2 Å². The van der Waals surface area contributed by atoms with E-state index in [4.69, 9.17) is 4.74 Å². The molecule has 2 unspecified atom stereocenters.